The second-order valence-corrected chi connectivity index (χ2v) is 6.57. The molecule has 0 amide bonds. The van der Waals surface area contributed by atoms with Crippen molar-refractivity contribution in [3.05, 3.63) is 65.2 Å². The Labute approximate surface area is 154 Å². The molecule has 4 nitrogen and oxygen atoms in total. The number of hydrogen-bond acceptors (Lipinski definition) is 3. The third-order valence-corrected chi connectivity index (χ3v) is 4.70. The van der Waals surface area contributed by atoms with Crippen LogP contribution in [0.25, 0.3) is 0 Å². The van der Waals surface area contributed by atoms with E-state index in [-0.39, 0.29) is 17.5 Å². The molecule has 4 heteroatoms. The maximum Gasteiger partial charge on any atom is 0.165 e. The van der Waals surface area contributed by atoms with E-state index in [9.17, 15) is 4.79 Å². The minimum absolute atomic E-state index is 0.0613. The summed E-state index contributed by atoms with van der Waals surface area (Å²) in [6.45, 7) is 0.516. The molecule has 0 spiro atoms. The van der Waals surface area contributed by atoms with Crippen molar-refractivity contribution in [3.8, 4) is 11.8 Å². The van der Waals surface area contributed by atoms with Crippen molar-refractivity contribution < 1.29 is 4.79 Å². The number of carbonyl (C=O) groups is 1. The molecule has 132 valence electrons. The fourth-order valence-electron chi connectivity index (χ4n) is 3.20. The Balaban J connectivity index is 1.53. The lowest BCUT2D eigenvalue weighted by Crippen LogP contribution is -2.10. The summed E-state index contributed by atoms with van der Waals surface area (Å²) in [6, 6.07) is 15.0. The Morgan fingerprint density at radius 1 is 1.04 bits per heavy atom. The normalized spacial score (nSPS) is 13.7. The molecule has 2 aromatic carbocycles. The summed E-state index contributed by atoms with van der Waals surface area (Å²) >= 11 is 0. The summed E-state index contributed by atoms with van der Waals surface area (Å²) in [7, 11) is 0. The molecular weight excluding hydrogens is 322 g/mol. The van der Waals surface area contributed by atoms with Crippen molar-refractivity contribution in [2.45, 2.75) is 25.7 Å². The average Bonchev–Trinajstić information content (AvgIpc) is 3.20. The molecule has 3 rings (SSSR count). The minimum Gasteiger partial charge on any atom is -0.384 e. The molecule has 0 aromatic heterocycles. The molecule has 0 atom stereocenters. The van der Waals surface area contributed by atoms with Crippen molar-refractivity contribution in [2.24, 2.45) is 11.7 Å². The number of nitrogen functional groups attached to an aromatic ring is 1. The van der Waals surface area contributed by atoms with Gasteiger partial charge in [0.2, 0.25) is 0 Å². The zero-order valence-electron chi connectivity index (χ0n) is 14.7. The topological polar surface area (TPSA) is 79.0 Å². The molecule has 0 bridgehead atoms. The molecule has 0 radical (unpaired) electrons. The molecule has 4 N–H and O–H groups in total. The van der Waals surface area contributed by atoms with E-state index in [4.69, 9.17) is 11.1 Å². The number of amidine groups is 1. The summed E-state index contributed by atoms with van der Waals surface area (Å²) in [5, 5.41) is 10.6. The summed E-state index contributed by atoms with van der Waals surface area (Å²) in [6.07, 6.45) is 4.40. The maximum absolute atomic E-state index is 12.4. The lowest BCUT2D eigenvalue weighted by atomic mass is 9.96. The first kappa shape index (κ1) is 17.8. The van der Waals surface area contributed by atoms with E-state index in [1.54, 1.807) is 12.1 Å². The first-order valence-electron chi connectivity index (χ1n) is 8.95. The summed E-state index contributed by atoms with van der Waals surface area (Å²) in [5.74, 6) is 6.73. The largest absolute Gasteiger partial charge is 0.384 e. The number of anilines is 1. The van der Waals surface area contributed by atoms with Gasteiger partial charge in [0.25, 0.3) is 0 Å². The van der Waals surface area contributed by atoms with Crippen LogP contribution in [-0.2, 0) is 0 Å². The molecule has 1 saturated carbocycles. The van der Waals surface area contributed by atoms with Gasteiger partial charge in [-0.3, -0.25) is 10.2 Å². The second kappa shape index (κ2) is 8.35. The fraction of sp³-hybridized carbons (Fsp3) is 0.273. The average molecular weight is 345 g/mol. The molecule has 26 heavy (non-hydrogen) atoms. The first-order valence-corrected chi connectivity index (χ1v) is 8.95. The Hall–Kier alpha value is -3.06. The van der Waals surface area contributed by atoms with Gasteiger partial charge in [0, 0.05) is 28.3 Å². The van der Waals surface area contributed by atoms with Crippen LogP contribution in [0.15, 0.2) is 48.5 Å². The van der Waals surface area contributed by atoms with Crippen LogP contribution in [0.4, 0.5) is 5.69 Å². The lowest BCUT2D eigenvalue weighted by Gasteiger charge is -2.07. The van der Waals surface area contributed by atoms with E-state index in [1.807, 2.05) is 36.4 Å². The lowest BCUT2D eigenvalue weighted by molar-refractivity contribution is 0.0923. The van der Waals surface area contributed by atoms with Crippen molar-refractivity contribution in [2.75, 3.05) is 11.9 Å². The van der Waals surface area contributed by atoms with Gasteiger partial charge in [-0.15, -0.1) is 0 Å². The smallest absolute Gasteiger partial charge is 0.165 e. The monoisotopic (exact) mass is 345 g/mol. The standard InChI is InChI=1S/C22H23N3O/c23-22(24)19-11-13-20(14-12-19)25-15-3-4-16-7-9-18(10-8-16)21(26)17-5-1-2-6-17/h7-14,17,25H,1-2,5-6,15H2,(H3,23,24). The van der Waals surface area contributed by atoms with Crippen LogP contribution in [-0.4, -0.2) is 18.2 Å². The number of Topliss-reactive ketones (excluding diaryl/α,β-unsaturated/α-hetero) is 1. The highest BCUT2D eigenvalue weighted by Crippen LogP contribution is 2.28. The van der Waals surface area contributed by atoms with Gasteiger partial charge in [-0.1, -0.05) is 36.8 Å². The molecule has 0 unspecified atom stereocenters. The third kappa shape index (κ3) is 4.52. The van der Waals surface area contributed by atoms with Crippen molar-refractivity contribution in [3.63, 3.8) is 0 Å². The number of nitrogens with one attached hydrogen (secondary N) is 2. The fourth-order valence-corrected chi connectivity index (χ4v) is 3.20. The van der Waals surface area contributed by atoms with Crippen molar-refractivity contribution in [1.29, 1.82) is 5.41 Å². The molecule has 1 aliphatic carbocycles. The van der Waals surface area contributed by atoms with Gasteiger partial charge in [0.1, 0.15) is 5.84 Å². The molecule has 0 saturated heterocycles. The van der Waals surface area contributed by atoms with E-state index in [0.717, 1.165) is 29.7 Å². The highest BCUT2D eigenvalue weighted by atomic mass is 16.1. The van der Waals surface area contributed by atoms with E-state index >= 15 is 0 Å². The van der Waals surface area contributed by atoms with Gasteiger partial charge >= 0.3 is 0 Å². The van der Waals surface area contributed by atoms with Crippen LogP contribution < -0.4 is 11.1 Å². The van der Waals surface area contributed by atoms with E-state index in [0.29, 0.717) is 12.1 Å². The van der Waals surface area contributed by atoms with Crippen LogP contribution in [0.2, 0.25) is 0 Å². The van der Waals surface area contributed by atoms with E-state index in [1.165, 1.54) is 12.8 Å². The first-order chi connectivity index (χ1) is 12.6. The second-order valence-electron chi connectivity index (χ2n) is 6.57. The summed E-state index contributed by atoms with van der Waals surface area (Å²) < 4.78 is 0. The third-order valence-electron chi connectivity index (χ3n) is 4.70. The minimum atomic E-state index is 0.0613. The Kier molecular flexibility index (Phi) is 5.70. The van der Waals surface area contributed by atoms with Crippen molar-refractivity contribution in [1.82, 2.24) is 0 Å². The molecule has 0 aliphatic heterocycles. The number of hydrogen-bond donors (Lipinski definition) is 3. The number of carbonyl (C=O) groups excluding carboxylic acids is 1. The molecular formula is C22H23N3O. The van der Waals surface area contributed by atoms with E-state index in [2.05, 4.69) is 17.2 Å². The van der Waals surface area contributed by atoms with Gasteiger partial charge in [0.15, 0.2) is 5.78 Å². The zero-order valence-corrected chi connectivity index (χ0v) is 14.7. The van der Waals surface area contributed by atoms with Crippen LogP contribution >= 0.6 is 0 Å². The SMILES string of the molecule is N=C(N)c1ccc(NCC#Cc2ccc(C(=O)C3CCCC3)cc2)cc1. The highest BCUT2D eigenvalue weighted by Gasteiger charge is 2.23. The van der Waals surface area contributed by atoms with Crippen molar-refractivity contribution >= 4 is 17.3 Å². The van der Waals surface area contributed by atoms with Gasteiger partial charge < -0.3 is 11.1 Å². The Morgan fingerprint density at radius 3 is 2.27 bits per heavy atom. The Morgan fingerprint density at radius 2 is 1.65 bits per heavy atom. The molecule has 1 fully saturated rings. The van der Waals surface area contributed by atoms with Gasteiger partial charge in [-0.25, -0.2) is 0 Å². The van der Waals surface area contributed by atoms with Crippen LogP contribution in [0.5, 0.6) is 0 Å². The van der Waals surface area contributed by atoms with E-state index < -0.39 is 0 Å². The number of rotatable bonds is 5. The molecule has 0 heterocycles. The molecule has 1 aliphatic rings. The predicted molar refractivity (Wildman–Crippen MR) is 106 cm³/mol. The van der Waals surface area contributed by atoms with Gasteiger partial charge in [0.05, 0.1) is 6.54 Å². The van der Waals surface area contributed by atoms with Crippen LogP contribution in [0.1, 0.15) is 47.2 Å². The summed E-state index contributed by atoms with van der Waals surface area (Å²) in [5.41, 5.74) is 8.77. The summed E-state index contributed by atoms with van der Waals surface area (Å²) in [4.78, 5) is 12.4. The zero-order chi connectivity index (χ0) is 18.4. The quantitative estimate of drug-likeness (QED) is 0.334. The number of benzene rings is 2. The molecule has 2 aromatic rings. The number of nitrogens with two attached hydrogens (primary N) is 1. The van der Waals surface area contributed by atoms with Crippen LogP contribution in [0.3, 0.4) is 0 Å². The van der Waals surface area contributed by atoms with Gasteiger partial charge in [-0.2, -0.15) is 0 Å². The number of ketones is 1. The van der Waals surface area contributed by atoms with Gasteiger partial charge in [-0.05, 0) is 49.2 Å². The Bertz CT molecular complexity index is 836. The predicted octanol–water partition coefficient (Wildman–Crippen LogP) is 3.81. The van der Waals surface area contributed by atoms with Crippen LogP contribution in [0, 0.1) is 23.2 Å². The highest BCUT2D eigenvalue weighted by molar-refractivity contribution is 5.98. The maximum atomic E-state index is 12.4.